The zero-order valence-corrected chi connectivity index (χ0v) is 17.6. The lowest BCUT2D eigenvalue weighted by Gasteiger charge is -2.34. The van der Waals surface area contributed by atoms with Crippen LogP contribution in [0, 0.1) is 0 Å². The number of hydrogen-bond acceptors (Lipinski definition) is 6. The molecule has 7 nitrogen and oxygen atoms in total. The second-order valence-corrected chi connectivity index (χ2v) is 8.58. The van der Waals surface area contributed by atoms with Crippen LogP contribution in [0.25, 0.3) is 5.52 Å². The Morgan fingerprint density at radius 3 is 2.64 bits per heavy atom. The fourth-order valence-electron chi connectivity index (χ4n) is 3.77. The highest BCUT2D eigenvalue weighted by molar-refractivity contribution is 9.10. The van der Waals surface area contributed by atoms with Gasteiger partial charge < -0.3 is 15.1 Å². The third-order valence-electron chi connectivity index (χ3n) is 5.58. The molecule has 1 saturated heterocycles. The predicted molar refractivity (Wildman–Crippen MR) is 114 cm³/mol. The van der Waals surface area contributed by atoms with Gasteiger partial charge in [-0.1, -0.05) is 0 Å². The summed E-state index contributed by atoms with van der Waals surface area (Å²) < 4.78 is 2.89. The van der Waals surface area contributed by atoms with Crippen LogP contribution in [-0.4, -0.2) is 57.7 Å². The minimum atomic E-state index is 0.631. The van der Waals surface area contributed by atoms with Crippen molar-refractivity contribution in [2.45, 2.75) is 25.3 Å². The molecule has 8 heteroatoms. The van der Waals surface area contributed by atoms with Crippen LogP contribution in [0.5, 0.6) is 0 Å². The number of piperazine rings is 1. The monoisotopic (exact) mass is 441 g/mol. The summed E-state index contributed by atoms with van der Waals surface area (Å²) in [6.45, 7) is 4.90. The SMILES string of the molecule is CN1CCN(c2cc(C3CC3)cc3cc(CNc4cc(Br)ncn4)nn23)CC1. The molecule has 0 spiro atoms. The molecule has 0 unspecified atom stereocenters. The number of pyridine rings is 1. The summed E-state index contributed by atoms with van der Waals surface area (Å²) in [5.74, 6) is 2.74. The Labute approximate surface area is 172 Å². The van der Waals surface area contributed by atoms with Crippen LogP contribution in [0.15, 0.2) is 35.2 Å². The lowest BCUT2D eigenvalue weighted by molar-refractivity contribution is 0.311. The first-order valence-electron chi connectivity index (χ1n) is 9.83. The Bertz CT molecular complexity index is 989. The van der Waals surface area contributed by atoms with E-state index >= 15 is 0 Å². The molecule has 146 valence electrons. The summed E-state index contributed by atoms with van der Waals surface area (Å²) >= 11 is 3.38. The number of halogens is 1. The van der Waals surface area contributed by atoms with E-state index in [2.05, 4.69) is 70.8 Å². The molecule has 5 rings (SSSR count). The van der Waals surface area contributed by atoms with E-state index in [1.54, 1.807) is 6.33 Å². The van der Waals surface area contributed by atoms with Gasteiger partial charge in [0, 0.05) is 32.2 Å². The fraction of sp³-hybridized carbons (Fsp3) is 0.450. The number of aromatic nitrogens is 4. The molecule has 0 atom stereocenters. The number of fused-ring (bicyclic) bond motifs is 1. The van der Waals surface area contributed by atoms with Crippen LogP contribution in [0.2, 0.25) is 0 Å². The second-order valence-electron chi connectivity index (χ2n) is 7.76. The van der Waals surface area contributed by atoms with Gasteiger partial charge in [0.2, 0.25) is 0 Å². The molecule has 1 aliphatic carbocycles. The highest BCUT2D eigenvalue weighted by atomic mass is 79.9. The maximum absolute atomic E-state index is 4.91. The first-order chi connectivity index (χ1) is 13.7. The van der Waals surface area contributed by atoms with E-state index in [1.165, 1.54) is 29.7 Å². The normalized spacial score (nSPS) is 18.0. The molecule has 2 fully saturated rings. The zero-order chi connectivity index (χ0) is 19.1. The molecule has 1 saturated carbocycles. The van der Waals surface area contributed by atoms with Crippen molar-refractivity contribution < 1.29 is 0 Å². The van der Waals surface area contributed by atoms with Crippen molar-refractivity contribution in [3.63, 3.8) is 0 Å². The Balaban J connectivity index is 1.44. The van der Waals surface area contributed by atoms with Crippen LogP contribution >= 0.6 is 15.9 Å². The van der Waals surface area contributed by atoms with E-state index in [4.69, 9.17) is 5.10 Å². The number of hydrogen-bond donors (Lipinski definition) is 1. The summed E-state index contributed by atoms with van der Waals surface area (Å²) in [6, 6.07) is 8.74. The third-order valence-corrected chi connectivity index (χ3v) is 6.01. The van der Waals surface area contributed by atoms with Gasteiger partial charge in [0.25, 0.3) is 0 Å². The van der Waals surface area contributed by atoms with Gasteiger partial charge in [-0.2, -0.15) is 5.10 Å². The minimum absolute atomic E-state index is 0.631. The first-order valence-corrected chi connectivity index (χ1v) is 10.6. The fourth-order valence-corrected chi connectivity index (χ4v) is 4.08. The molecule has 3 aromatic rings. The van der Waals surface area contributed by atoms with Crippen molar-refractivity contribution >= 4 is 33.1 Å². The maximum atomic E-state index is 4.91. The van der Waals surface area contributed by atoms with Crippen LogP contribution in [0.4, 0.5) is 11.6 Å². The van der Waals surface area contributed by atoms with E-state index in [9.17, 15) is 0 Å². The Kier molecular flexibility index (Phi) is 4.68. The Morgan fingerprint density at radius 2 is 1.89 bits per heavy atom. The molecule has 1 N–H and O–H groups in total. The number of rotatable bonds is 5. The first kappa shape index (κ1) is 17.9. The van der Waals surface area contributed by atoms with Crippen molar-refractivity contribution in [3.05, 3.63) is 46.5 Å². The molecule has 1 aliphatic heterocycles. The molecule has 0 amide bonds. The Morgan fingerprint density at radius 1 is 1.07 bits per heavy atom. The largest absolute Gasteiger partial charge is 0.364 e. The highest BCUT2D eigenvalue weighted by Crippen LogP contribution is 2.41. The van der Waals surface area contributed by atoms with E-state index in [0.29, 0.717) is 6.54 Å². The smallest absolute Gasteiger partial charge is 0.131 e. The third kappa shape index (κ3) is 3.71. The lowest BCUT2D eigenvalue weighted by atomic mass is 10.1. The van der Waals surface area contributed by atoms with Gasteiger partial charge in [-0.25, -0.2) is 14.5 Å². The van der Waals surface area contributed by atoms with E-state index in [-0.39, 0.29) is 0 Å². The molecule has 2 aliphatic rings. The molecule has 4 heterocycles. The average Bonchev–Trinajstić information content (AvgIpc) is 3.46. The summed E-state index contributed by atoms with van der Waals surface area (Å²) in [5, 5.41) is 8.25. The average molecular weight is 442 g/mol. The minimum Gasteiger partial charge on any atom is -0.364 e. The molecule has 0 bridgehead atoms. The number of nitrogens with zero attached hydrogens (tertiary/aromatic N) is 6. The van der Waals surface area contributed by atoms with E-state index in [1.807, 2.05) is 6.07 Å². The van der Waals surface area contributed by atoms with Crippen LogP contribution < -0.4 is 10.2 Å². The van der Waals surface area contributed by atoms with Crippen molar-refractivity contribution in [2.24, 2.45) is 0 Å². The summed E-state index contributed by atoms with van der Waals surface area (Å²) in [6.07, 6.45) is 4.16. The van der Waals surface area contributed by atoms with Crippen LogP contribution in [-0.2, 0) is 6.54 Å². The Hall–Kier alpha value is -2.19. The maximum Gasteiger partial charge on any atom is 0.131 e. The quantitative estimate of drug-likeness (QED) is 0.613. The summed E-state index contributed by atoms with van der Waals surface area (Å²) in [7, 11) is 2.19. The molecule has 0 radical (unpaired) electrons. The summed E-state index contributed by atoms with van der Waals surface area (Å²) in [5.41, 5.74) is 3.65. The van der Waals surface area contributed by atoms with Crippen molar-refractivity contribution in [2.75, 3.05) is 43.4 Å². The van der Waals surface area contributed by atoms with Gasteiger partial charge >= 0.3 is 0 Å². The van der Waals surface area contributed by atoms with E-state index in [0.717, 1.165) is 48.2 Å². The van der Waals surface area contributed by atoms with Crippen molar-refractivity contribution in [3.8, 4) is 0 Å². The van der Waals surface area contributed by atoms with Crippen LogP contribution in [0.3, 0.4) is 0 Å². The van der Waals surface area contributed by atoms with Gasteiger partial charge in [0.15, 0.2) is 0 Å². The second kappa shape index (κ2) is 7.33. The molecular formula is C20H24BrN7. The highest BCUT2D eigenvalue weighted by Gasteiger charge is 2.26. The number of anilines is 2. The summed E-state index contributed by atoms with van der Waals surface area (Å²) in [4.78, 5) is 13.2. The molecule has 28 heavy (non-hydrogen) atoms. The van der Waals surface area contributed by atoms with Gasteiger partial charge in [0.1, 0.15) is 22.6 Å². The number of nitrogens with one attached hydrogen (secondary N) is 1. The van der Waals surface area contributed by atoms with Gasteiger partial charge in [-0.15, -0.1) is 0 Å². The topological polar surface area (TPSA) is 61.6 Å². The van der Waals surface area contributed by atoms with Crippen LogP contribution in [0.1, 0.15) is 30.0 Å². The molecule has 3 aromatic heterocycles. The standard InChI is InChI=1S/C20H24BrN7/c1-26-4-6-27(7-5-26)20-9-15(14-2-3-14)8-17-10-16(25-28(17)20)12-22-19-11-18(21)23-13-24-19/h8-11,13-14H,2-7,12H2,1H3,(H,22,23,24). The number of likely N-dealkylation sites (N-methyl/N-ethyl adjacent to an activating group) is 1. The van der Waals surface area contributed by atoms with Gasteiger partial charge in [0.05, 0.1) is 17.8 Å². The van der Waals surface area contributed by atoms with Crippen molar-refractivity contribution in [1.29, 1.82) is 0 Å². The predicted octanol–water partition coefficient (Wildman–Crippen LogP) is 3.13. The zero-order valence-electron chi connectivity index (χ0n) is 16.0. The van der Waals surface area contributed by atoms with E-state index < -0.39 is 0 Å². The molecule has 0 aromatic carbocycles. The molecular weight excluding hydrogens is 418 g/mol. The van der Waals surface area contributed by atoms with Gasteiger partial charge in [-0.05, 0) is 65.5 Å². The van der Waals surface area contributed by atoms with Gasteiger partial charge in [-0.3, -0.25) is 0 Å². The van der Waals surface area contributed by atoms with Crippen molar-refractivity contribution in [1.82, 2.24) is 24.5 Å². The lowest BCUT2D eigenvalue weighted by Crippen LogP contribution is -2.45.